The molecule has 1 N–H and O–H groups in total. The number of urea groups is 1. The van der Waals surface area contributed by atoms with Crippen molar-refractivity contribution in [3.05, 3.63) is 24.2 Å². The van der Waals surface area contributed by atoms with Gasteiger partial charge in [-0.1, -0.05) is 0 Å². The van der Waals surface area contributed by atoms with Crippen LogP contribution in [-0.2, 0) is 11.3 Å². The van der Waals surface area contributed by atoms with Gasteiger partial charge < -0.3 is 19.4 Å². The maximum Gasteiger partial charge on any atom is 0.317 e. The van der Waals surface area contributed by atoms with Crippen molar-refractivity contribution in [2.24, 2.45) is 0 Å². The van der Waals surface area contributed by atoms with Crippen LogP contribution >= 0.6 is 0 Å². The molecule has 0 saturated carbocycles. The molecule has 2 aliphatic heterocycles. The number of nitrogens with zero attached hydrogens (tertiary/aromatic N) is 2. The van der Waals surface area contributed by atoms with Crippen molar-refractivity contribution in [1.82, 2.24) is 15.1 Å². The number of carbonyl (C=O) groups is 1. The highest BCUT2D eigenvalue weighted by Crippen LogP contribution is 2.16. The van der Waals surface area contributed by atoms with Gasteiger partial charge in [0.1, 0.15) is 5.76 Å². The van der Waals surface area contributed by atoms with Crippen molar-refractivity contribution < 1.29 is 13.9 Å². The van der Waals surface area contributed by atoms with E-state index in [9.17, 15) is 4.79 Å². The Hall–Kier alpha value is -1.53. The third-order valence-corrected chi connectivity index (χ3v) is 4.49. The first kappa shape index (κ1) is 15.4. The predicted octanol–water partition coefficient (Wildman–Crippen LogP) is 1.67. The van der Waals surface area contributed by atoms with Gasteiger partial charge in [0.2, 0.25) is 0 Å². The molecular formula is C16H25N3O3. The van der Waals surface area contributed by atoms with Gasteiger partial charge in [0.25, 0.3) is 0 Å². The summed E-state index contributed by atoms with van der Waals surface area (Å²) in [5.74, 6) is 0.977. The summed E-state index contributed by atoms with van der Waals surface area (Å²) in [7, 11) is 0. The van der Waals surface area contributed by atoms with Gasteiger partial charge in [-0.15, -0.1) is 0 Å². The number of carbonyl (C=O) groups excluding carboxylic acids is 1. The smallest absolute Gasteiger partial charge is 0.317 e. The Balaban J connectivity index is 1.41. The molecule has 122 valence electrons. The van der Waals surface area contributed by atoms with Gasteiger partial charge >= 0.3 is 6.03 Å². The van der Waals surface area contributed by atoms with Gasteiger partial charge in [0, 0.05) is 32.8 Å². The van der Waals surface area contributed by atoms with Gasteiger partial charge in [-0.05, 0) is 31.9 Å². The molecule has 6 heteroatoms. The molecule has 2 fully saturated rings. The Kier molecular flexibility index (Phi) is 5.00. The molecule has 1 aromatic rings. The van der Waals surface area contributed by atoms with Crippen molar-refractivity contribution in [2.75, 3.05) is 32.8 Å². The average molecular weight is 307 g/mol. The van der Waals surface area contributed by atoms with Crippen LogP contribution in [0.5, 0.6) is 0 Å². The molecule has 2 saturated heterocycles. The largest absolute Gasteiger partial charge is 0.468 e. The van der Waals surface area contributed by atoms with E-state index >= 15 is 0 Å². The van der Waals surface area contributed by atoms with Crippen LogP contribution < -0.4 is 5.32 Å². The number of ether oxygens (including phenoxy) is 1. The number of hydrogen-bond donors (Lipinski definition) is 1. The number of amides is 2. The molecule has 3 heterocycles. The summed E-state index contributed by atoms with van der Waals surface area (Å²) in [6.07, 6.45) is 4.00. The summed E-state index contributed by atoms with van der Waals surface area (Å²) < 4.78 is 11.0. The molecule has 0 unspecified atom stereocenters. The first-order chi connectivity index (χ1) is 10.7. The molecule has 2 amide bonds. The Morgan fingerprint density at radius 3 is 2.86 bits per heavy atom. The molecule has 0 bridgehead atoms. The number of nitrogens with one attached hydrogen (secondary N) is 1. The van der Waals surface area contributed by atoms with Crippen molar-refractivity contribution in [1.29, 1.82) is 0 Å². The molecular weight excluding hydrogens is 282 g/mol. The normalized spacial score (nSPS) is 24.4. The summed E-state index contributed by atoms with van der Waals surface area (Å²) in [6.45, 7) is 6.92. The quantitative estimate of drug-likeness (QED) is 0.919. The topological polar surface area (TPSA) is 58.0 Å². The third-order valence-electron chi connectivity index (χ3n) is 4.49. The monoisotopic (exact) mass is 307 g/mol. The van der Waals surface area contributed by atoms with Crippen molar-refractivity contribution in [3.8, 4) is 0 Å². The van der Waals surface area contributed by atoms with Crippen molar-refractivity contribution in [2.45, 2.75) is 38.5 Å². The number of furan rings is 1. The van der Waals surface area contributed by atoms with E-state index in [1.165, 1.54) is 0 Å². The van der Waals surface area contributed by atoms with Gasteiger partial charge in [-0.2, -0.15) is 0 Å². The summed E-state index contributed by atoms with van der Waals surface area (Å²) >= 11 is 0. The zero-order valence-electron chi connectivity index (χ0n) is 13.2. The first-order valence-electron chi connectivity index (χ1n) is 8.14. The molecule has 0 aliphatic carbocycles. The minimum absolute atomic E-state index is 0.0284. The minimum Gasteiger partial charge on any atom is -0.468 e. The van der Waals surface area contributed by atoms with Crippen LogP contribution in [0.25, 0.3) is 0 Å². The Labute approximate surface area is 131 Å². The van der Waals surface area contributed by atoms with E-state index < -0.39 is 0 Å². The third kappa shape index (κ3) is 3.81. The fraction of sp³-hybridized carbons (Fsp3) is 0.688. The van der Waals surface area contributed by atoms with E-state index in [0.29, 0.717) is 0 Å². The second-order valence-electron chi connectivity index (χ2n) is 6.13. The van der Waals surface area contributed by atoms with E-state index in [4.69, 9.17) is 9.15 Å². The lowest BCUT2D eigenvalue weighted by Crippen LogP contribution is -2.54. The fourth-order valence-electron chi connectivity index (χ4n) is 3.11. The molecule has 0 aromatic carbocycles. The molecule has 3 rings (SSSR count). The van der Waals surface area contributed by atoms with Gasteiger partial charge in [-0.3, -0.25) is 4.90 Å². The summed E-state index contributed by atoms with van der Waals surface area (Å²) in [4.78, 5) is 16.5. The summed E-state index contributed by atoms with van der Waals surface area (Å²) in [6, 6.07) is 4.00. The maximum atomic E-state index is 12.3. The predicted molar refractivity (Wildman–Crippen MR) is 82.5 cm³/mol. The van der Waals surface area contributed by atoms with E-state index in [1.807, 2.05) is 24.0 Å². The second-order valence-corrected chi connectivity index (χ2v) is 6.13. The standard InChI is InChI=1S/C16H25N3O3/c1-13(15-5-3-11-22-15)17-16(20)19-8-6-18(7-9-19)12-14-4-2-10-21-14/h2,4,10,13,15H,3,5-9,11-12H2,1H3,(H,17,20)/t13-,15+/m0/s1. The molecule has 22 heavy (non-hydrogen) atoms. The number of piperazine rings is 1. The Morgan fingerprint density at radius 1 is 1.41 bits per heavy atom. The van der Waals surface area contributed by atoms with E-state index in [1.54, 1.807) is 6.26 Å². The van der Waals surface area contributed by atoms with E-state index in [2.05, 4.69) is 10.2 Å². The summed E-state index contributed by atoms with van der Waals surface area (Å²) in [5.41, 5.74) is 0. The van der Waals surface area contributed by atoms with Crippen molar-refractivity contribution in [3.63, 3.8) is 0 Å². The van der Waals surface area contributed by atoms with Crippen molar-refractivity contribution >= 4 is 6.03 Å². The van der Waals surface area contributed by atoms with Crippen LogP contribution in [0.4, 0.5) is 4.79 Å². The zero-order valence-corrected chi connectivity index (χ0v) is 13.2. The van der Waals surface area contributed by atoms with Crippen LogP contribution in [0.2, 0.25) is 0 Å². The van der Waals surface area contributed by atoms with Crippen LogP contribution in [-0.4, -0.2) is 60.8 Å². The van der Waals surface area contributed by atoms with Crippen LogP contribution in [0.3, 0.4) is 0 Å². The van der Waals surface area contributed by atoms with Crippen LogP contribution in [0.1, 0.15) is 25.5 Å². The first-order valence-corrected chi connectivity index (χ1v) is 8.14. The van der Waals surface area contributed by atoms with E-state index in [0.717, 1.165) is 57.9 Å². The molecule has 2 atom stereocenters. The Morgan fingerprint density at radius 2 is 2.23 bits per heavy atom. The highest BCUT2D eigenvalue weighted by Gasteiger charge is 2.27. The van der Waals surface area contributed by atoms with Gasteiger partial charge in [0.15, 0.2) is 0 Å². The lowest BCUT2D eigenvalue weighted by Gasteiger charge is -2.35. The van der Waals surface area contributed by atoms with Gasteiger partial charge in [-0.25, -0.2) is 4.79 Å². The van der Waals surface area contributed by atoms with E-state index in [-0.39, 0.29) is 18.2 Å². The lowest BCUT2D eigenvalue weighted by atomic mass is 10.1. The minimum atomic E-state index is 0.0284. The van der Waals surface area contributed by atoms with Gasteiger partial charge in [0.05, 0.1) is 25.0 Å². The maximum absolute atomic E-state index is 12.3. The highest BCUT2D eigenvalue weighted by molar-refractivity contribution is 5.74. The molecule has 2 aliphatic rings. The number of hydrogen-bond acceptors (Lipinski definition) is 4. The fourth-order valence-corrected chi connectivity index (χ4v) is 3.11. The van der Waals surface area contributed by atoms with Crippen LogP contribution in [0.15, 0.2) is 22.8 Å². The lowest BCUT2D eigenvalue weighted by molar-refractivity contribution is 0.0797. The van der Waals surface area contributed by atoms with Crippen LogP contribution in [0, 0.1) is 0 Å². The number of rotatable bonds is 4. The second kappa shape index (κ2) is 7.15. The average Bonchev–Trinajstić information content (AvgIpc) is 3.21. The summed E-state index contributed by atoms with van der Waals surface area (Å²) in [5, 5.41) is 3.08. The molecule has 0 spiro atoms. The molecule has 6 nitrogen and oxygen atoms in total. The SMILES string of the molecule is C[C@H](NC(=O)N1CCN(Cc2ccco2)CC1)[C@H]1CCCO1. The molecule has 1 aromatic heterocycles. The molecule has 0 radical (unpaired) electrons. The highest BCUT2D eigenvalue weighted by atomic mass is 16.5. The zero-order chi connectivity index (χ0) is 15.4. The Bertz CT molecular complexity index is 463.